The number of nitrogens with one attached hydrogen (secondary N) is 1. The van der Waals surface area contributed by atoms with E-state index in [0.717, 1.165) is 25.9 Å². The third-order valence-corrected chi connectivity index (χ3v) is 5.63. The van der Waals surface area contributed by atoms with Crippen molar-refractivity contribution in [3.05, 3.63) is 64.2 Å². The lowest BCUT2D eigenvalue weighted by Gasteiger charge is -2.31. The van der Waals surface area contributed by atoms with Crippen molar-refractivity contribution < 1.29 is 14.3 Å². The van der Waals surface area contributed by atoms with Gasteiger partial charge in [-0.15, -0.1) is 0 Å². The molecule has 1 fully saturated rings. The van der Waals surface area contributed by atoms with Crippen LogP contribution in [0.1, 0.15) is 39.1 Å². The molecule has 6 nitrogen and oxygen atoms in total. The van der Waals surface area contributed by atoms with E-state index in [4.69, 9.17) is 21.6 Å². The Balaban J connectivity index is 1.46. The number of methoxy groups -OCH3 is 1. The number of amides is 1. The summed E-state index contributed by atoms with van der Waals surface area (Å²) in [4.78, 5) is 27.4. The van der Waals surface area contributed by atoms with Crippen molar-refractivity contribution in [1.82, 2.24) is 10.2 Å². The van der Waals surface area contributed by atoms with Gasteiger partial charge < -0.3 is 15.0 Å². The van der Waals surface area contributed by atoms with Gasteiger partial charge >= 0.3 is 0 Å². The van der Waals surface area contributed by atoms with Crippen LogP contribution in [-0.2, 0) is 0 Å². The maximum Gasteiger partial charge on any atom is 0.255 e. The number of carbonyl (C=O) groups excluding carboxylic acids is 2. The fourth-order valence-electron chi connectivity index (χ4n) is 3.65. The van der Waals surface area contributed by atoms with Crippen molar-refractivity contribution in [2.24, 2.45) is 5.92 Å². The number of piperidine rings is 1. The highest BCUT2D eigenvalue weighted by Crippen LogP contribution is 2.23. The Kier molecular flexibility index (Phi) is 7.45. The Hall–Kier alpha value is -2.88. The normalized spacial score (nSPS) is 14.7. The summed E-state index contributed by atoms with van der Waals surface area (Å²) >= 11 is 5.89. The number of likely N-dealkylation sites (tertiary alicyclic amines) is 1. The van der Waals surface area contributed by atoms with Gasteiger partial charge in [0.25, 0.3) is 5.91 Å². The average Bonchev–Trinajstić information content (AvgIpc) is 2.79. The molecule has 30 heavy (non-hydrogen) atoms. The van der Waals surface area contributed by atoms with Gasteiger partial charge in [0.2, 0.25) is 0 Å². The highest BCUT2D eigenvalue weighted by molar-refractivity contribution is 6.30. The molecular formula is C23H24ClN3O3. The summed E-state index contributed by atoms with van der Waals surface area (Å²) < 4.78 is 5.22. The average molecular weight is 426 g/mol. The molecule has 156 valence electrons. The number of hydrogen-bond donors (Lipinski definition) is 1. The summed E-state index contributed by atoms with van der Waals surface area (Å²) in [6, 6.07) is 13.8. The number of carbonyl (C=O) groups is 2. The third-order valence-electron chi connectivity index (χ3n) is 5.37. The van der Waals surface area contributed by atoms with Gasteiger partial charge in [-0.3, -0.25) is 9.59 Å². The summed E-state index contributed by atoms with van der Waals surface area (Å²) in [6.07, 6.45) is 1.60. The van der Waals surface area contributed by atoms with Gasteiger partial charge in [-0.2, -0.15) is 5.26 Å². The highest BCUT2D eigenvalue weighted by Gasteiger charge is 2.25. The van der Waals surface area contributed by atoms with Crippen molar-refractivity contribution in [3.8, 4) is 11.8 Å². The summed E-state index contributed by atoms with van der Waals surface area (Å²) in [5, 5.41) is 12.6. The van der Waals surface area contributed by atoms with Crippen LogP contribution >= 0.6 is 11.6 Å². The van der Waals surface area contributed by atoms with Gasteiger partial charge in [-0.05, 0) is 68.4 Å². The Morgan fingerprint density at radius 2 is 1.90 bits per heavy atom. The standard InChI is InChI=1S/C23H24ClN3O3/c1-30-21-7-2-16(15-25)14-20(21)23(29)26-10-13-27-11-8-18(9-12-27)22(28)17-3-5-19(24)6-4-17/h2-7,14,18H,8-13H2,1H3,(H,26,29). The number of Topliss-reactive ketones (excluding diaryl/α,β-unsaturated/α-hetero) is 1. The quantitative estimate of drug-likeness (QED) is 0.686. The minimum absolute atomic E-state index is 0.0231. The van der Waals surface area contributed by atoms with Crippen LogP contribution in [0.15, 0.2) is 42.5 Å². The SMILES string of the molecule is COc1ccc(C#N)cc1C(=O)NCCN1CCC(C(=O)c2ccc(Cl)cc2)CC1. The monoisotopic (exact) mass is 425 g/mol. The molecule has 1 heterocycles. The maximum atomic E-state index is 12.6. The molecule has 1 amide bonds. The first kappa shape index (κ1) is 21.8. The molecule has 1 aliphatic heterocycles. The number of halogens is 1. The highest BCUT2D eigenvalue weighted by atomic mass is 35.5. The molecule has 0 radical (unpaired) electrons. The van der Waals surface area contributed by atoms with E-state index >= 15 is 0 Å². The lowest BCUT2D eigenvalue weighted by molar-refractivity contribution is 0.0839. The molecule has 0 aliphatic carbocycles. The molecule has 0 unspecified atom stereocenters. The maximum absolute atomic E-state index is 12.6. The van der Waals surface area contributed by atoms with Crippen molar-refractivity contribution in [2.75, 3.05) is 33.3 Å². The third kappa shape index (κ3) is 5.38. The van der Waals surface area contributed by atoms with Crippen LogP contribution in [0.3, 0.4) is 0 Å². The molecule has 2 aromatic carbocycles. The predicted octanol–water partition coefficient (Wildman–Crippen LogP) is 3.54. The zero-order chi connectivity index (χ0) is 21.5. The van der Waals surface area contributed by atoms with Gasteiger partial charge in [0.1, 0.15) is 5.75 Å². The van der Waals surface area contributed by atoms with E-state index in [-0.39, 0.29) is 17.6 Å². The first-order valence-electron chi connectivity index (χ1n) is 9.90. The van der Waals surface area contributed by atoms with Crippen LogP contribution in [0.5, 0.6) is 5.75 Å². The van der Waals surface area contributed by atoms with Crippen LogP contribution in [0.25, 0.3) is 0 Å². The van der Waals surface area contributed by atoms with Crippen molar-refractivity contribution in [2.45, 2.75) is 12.8 Å². The first-order chi connectivity index (χ1) is 14.5. The topological polar surface area (TPSA) is 82.4 Å². The lowest BCUT2D eigenvalue weighted by Crippen LogP contribution is -2.41. The number of ether oxygens (including phenoxy) is 1. The van der Waals surface area contributed by atoms with E-state index < -0.39 is 0 Å². The molecule has 7 heteroatoms. The predicted molar refractivity (Wildman–Crippen MR) is 115 cm³/mol. The van der Waals surface area contributed by atoms with Crippen LogP contribution in [-0.4, -0.2) is 49.9 Å². The zero-order valence-corrected chi connectivity index (χ0v) is 17.6. The largest absolute Gasteiger partial charge is 0.496 e. The van der Waals surface area contributed by atoms with E-state index in [2.05, 4.69) is 10.2 Å². The van der Waals surface area contributed by atoms with Crippen molar-refractivity contribution >= 4 is 23.3 Å². The van der Waals surface area contributed by atoms with Gasteiger partial charge in [0, 0.05) is 29.6 Å². The summed E-state index contributed by atoms with van der Waals surface area (Å²) in [5.74, 6) is 0.365. The molecule has 1 N–H and O–H groups in total. The van der Waals surface area contributed by atoms with E-state index in [1.807, 2.05) is 6.07 Å². The van der Waals surface area contributed by atoms with Crippen LogP contribution in [0.4, 0.5) is 0 Å². The number of nitrogens with zero attached hydrogens (tertiary/aromatic N) is 2. The number of nitriles is 1. The van der Waals surface area contributed by atoms with Crippen molar-refractivity contribution in [1.29, 1.82) is 5.26 Å². The number of rotatable bonds is 7. The van der Waals surface area contributed by atoms with Crippen LogP contribution in [0.2, 0.25) is 5.02 Å². The molecular weight excluding hydrogens is 402 g/mol. The molecule has 1 aliphatic rings. The minimum atomic E-state index is -0.267. The van der Waals surface area contributed by atoms with Gasteiger partial charge in [0.15, 0.2) is 5.78 Å². The molecule has 0 bridgehead atoms. The number of benzene rings is 2. The van der Waals surface area contributed by atoms with Crippen LogP contribution in [0, 0.1) is 17.2 Å². The Morgan fingerprint density at radius 1 is 1.20 bits per heavy atom. The molecule has 0 atom stereocenters. The van der Waals surface area contributed by atoms with E-state index in [0.29, 0.717) is 40.6 Å². The van der Waals surface area contributed by atoms with Gasteiger partial charge in [-0.1, -0.05) is 11.6 Å². The van der Waals surface area contributed by atoms with E-state index in [1.54, 1.807) is 36.4 Å². The van der Waals surface area contributed by atoms with Gasteiger partial charge in [0.05, 0.1) is 24.3 Å². The second-order valence-electron chi connectivity index (χ2n) is 7.27. The number of ketones is 1. The minimum Gasteiger partial charge on any atom is -0.496 e. The summed E-state index contributed by atoms with van der Waals surface area (Å²) in [6.45, 7) is 2.81. The Labute approximate surface area is 181 Å². The fraction of sp³-hybridized carbons (Fsp3) is 0.348. The molecule has 3 rings (SSSR count). The first-order valence-corrected chi connectivity index (χ1v) is 10.3. The molecule has 0 saturated carbocycles. The van der Waals surface area contributed by atoms with E-state index in [9.17, 15) is 9.59 Å². The number of hydrogen-bond acceptors (Lipinski definition) is 5. The smallest absolute Gasteiger partial charge is 0.255 e. The van der Waals surface area contributed by atoms with Crippen LogP contribution < -0.4 is 10.1 Å². The molecule has 2 aromatic rings. The molecule has 0 spiro atoms. The fourth-order valence-corrected chi connectivity index (χ4v) is 3.77. The van der Waals surface area contributed by atoms with Crippen molar-refractivity contribution in [3.63, 3.8) is 0 Å². The lowest BCUT2D eigenvalue weighted by atomic mass is 9.89. The Bertz CT molecular complexity index is 945. The summed E-state index contributed by atoms with van der Waals surface area (Å²) in [7, 11) is 1.49. The zero-order valence-electron chi connectivity index (χ0n) is 16.9. The second kappa shape index (κ2) is 10.2. The van der Waals surface area contributed by atoms with E-state index in [1.165, 1.54) is 13.2 Å². The van der Waals surface area contributed by atoms with Gasteiger partial charge in [-0.25, -0.2) is 0 Å². The molecule has 0 aromatic heterocycles. The molecule has 1 saturated heterocycles. The Morgan fingerprint density at radius 3 is 2.53 bits per heavy atom. The summed E-state index contributed by atoms with van der Waals surface area (Å²) in [5.41, 5.74) is 1.47. The second-order valence-corrected chi connectivity index (χ2v) is 7.71.